The maximum absolute atomic E-state index is 13.5. The first-order valence-corrected chi connectivity index (χ1v) is 12.1. The van der Waals surface area contributed by atoms with Crippen molar-refractivity contribution in [2.45, 2.75) is 25.7 Å². The number of benzene rings is 2. The van der Waals surface area contributed by atoms with Gasteiger partial charge in [0.1, 0.15) is 17.5 Å². The van der Waals surface area contributed by atoms with Crippen molar-refractivity contribution in [2.75, 3.05) is 13.1 Å². The lowest BCUT2D eigenvalue weighted by Gasteiger charge is -2.23. The molecule has 0 aliphatic carbocycles. The first-order chi connectivity index (χ1) is 16.4. The Morgan fingerprint density at radius 2 is 1.77 bits per heavy atom. The summed E-state index contributed by atoms with van der Waals surface area (Å²) in [6, 6.07) is 10.7. The fourth-order valence-electron chi connectivity index (χ4n) is 4.55. The van der Waals surface area contributed by atoms with Crippen molar-refractivity contribution in [2.24, 2.45) is 5.92 Å². The second-order valence-electron chi connectivity index (χ2n) is 8.76. The van der Waals surface area contributed by atoms with E-state index in [4.69, 9.17) is 4.98 Å². The van der Waals surface area contributed by atoms with Gasteiger partial charge in [0, 0.05) is 28.7 Å². The van der Waals surface area contributed by atoms with E-state index in [9.17, 15) is 13.6 Å². The van der Waals surface area contributed by atoms with Crippen LogP contribution >= 0.6 is 28.3 Å². The molecule has 1 saturated heterocycles. The molecule has 1 aliphatic heterocycles. The molecule has 0 amide bonds. The summed E-state index contributed by atoms with van der Waals surface area (Å²) in [6.07, 6.45) is 5.13. The summed E-state index contributed by atoms with van der Waals surface area (Å²) in [4.78, 5) is 24.9. The van der Waals surface area contributed by atoms with E-state index in [1.54, 1.807) is 12.3 Å². The highest BCUT2D eigenvalue weighted by Gasteiger charge is 2.17. The van der Waals surface area contributed by atoms with Gasteiger partial charge in [0.05, 0.1) is 16.6 Å². The van der Waals surface area contributed by atoms with Gasteiger partial charge >= 0.3 is 0 Å². The first kappa shape index (κ1) is 25.4. The molecule has 2 N–H and O–H groups in total. The lowest BCUT2D eigenvalue weighted by atomic mass is 9.90. The van der Waals surface area contributed by atoms with E-state index >= 15 is 0 Å². The number of H-pyrrole nitrogens is 1. The number of halogens is 4. The predicted molar refractivity (Wildman–Crippen MR) is 139 cm³/mol. The van der Waals surface area contributed by atoms with E-state index in [0.717, 1.165) is 59.5 Å². The maximum Gasteiger partial charge on any atom is 0.258 e. The number of aromatic amines is 1. The third-order valence-corrected chi connectivity index (χ3v) is 6.68. The Balaban J connectivity index is 0.00000289. The van der Waals surface area contributed by atoms with Gasteiger partial charge in [-0.05, 0) is 79.7 Å². The Morgan fingerprint density at radius 1 is 1.03 bits per heavy atom. The van der Waals surface area contributed by atoms with Gasteiger partial charge in [-0.2, -0.15) is 0 Å². The van der Waals surface area contributed by atoms with Crippen LogP contribution in [0.15, 0.2) is 57.9 Å². The fourth-order valence-corrected chi connectivity index (χ4v) is 5.06. The van der Waals surface area contributed by atoms with Crippen LogP contribution in [0.1, 0.15) is 29.8 Å². The fraction of sp³-hybridized carbons (Fsp3) is 0.269. The average molecular weight is 562 g/mol. The summed E-state index contributed by atoms with van der Waals surface area (Å²) in [6.45, 7) is 2.03. The van der Waals surface area contributed by atoms with Gasteiger partial charge in [-0.15, -0.1) is 12.4 Å². The van der Waals surface area contributed by atoms with Crippen LogP contribution in [0, 0.1) is 17.6 Å². The normalized spacial score (nSPS) is 14.1. The number of piperidine rings is 1. The average Bonchev–Trinajstić information content (AvgIpc) is 2.80. The number of hydrogen-bond acceptors (Lipinski definition) is 4. The summed E-state index contributed by atoms with van der Waals surface area (Å²) < 4.78 is 27.9. The molecule has 0 radical (unpaired) electrons. The SMILES string of the molecule is Cl.O=c1[nH]c(Cc2ccc(-c3cc(F)cc(F)c3)nc2)nc2c(CC3CCNCC3)cc(Br)cc12. The minimum atomic E-state index is -0.647. The number of fused-ring (bicyclic) bond motifs is 1. The molecular formula is C26H24BrClF2N4O. The molecule has 0 bridgehead atoms. The van der Waals surface area contributed by atoms with Crippen LogP contribution in [0.5, 0.6) is 0 Å². The molecule has 0 atom stereocenters. The standard InChI is InChI=1S/C26H23BrF2N4O.ClH/c27-19-9-18(7-15-3-5-30-6-4-15)25-22(12-19)26(34)33-24(32-25)8-16-1-2-23(31-14-16)17-10-20(28)13-21(29)11-17;/h1-2,9-15,30H,3-8H2,(H,32,33,34);1H. The molecule has 5 nitrogen and oxygen atoms in total. The van der Waals surface area contributed by atoms with Crippen molar-refractivity contribution in [3.8, 4) is 11.3 Å². The molecule has 9 heteroatoms. The highest BCUT2D eigenvalue weighted by atomic mass is 79.9. The largest absolute Gasteiger partial charge is 0.317 e. The van der Waals surface area contributed by atoms with Crippen LogP contribution in [0.3, 0.4) is 0 Å². The van der Waals surface area contributed by atoms with Crippen molar-refractivity contribution >= 4 is 39.2 Å². The molecule has 4 aromatic rings. The second-order valence-corrected chi connectivity index (χ2v) is 9.67. The quantitative estimate of drug-likeness (QED) is 0.334. The highest BCUT2D eigenvalue weighted by molar-refractivity contribution is 9.10. The number of hydrogen-bond donors (Lipinski definition) is 2. The minimum absolute atomic E-state index is 0. The predicted octanol–water partition coefficient (Wildman–Crippen LogP) is 5.58. The second kappa shape index (κ2) is 10.9. The van der Waals surface area contributed by atoms with Crippen LogP contribution in [-0.2, 0) is 12.8 Å². The van der Waals surface area contributed by atoms with Gasteiger partial charge in [-0.25, -0.2) is 13.8 Å². The number of aromatic nitrogens is 3. The number of nitrogens with zero attached hydrogens (tertiary/aromatic N) is 2. The van der Waals surface area contributed by atoms with Gasteiger partial charge < -0.3 is 10.3 Å². The van der Waals surface area contributed by atoms with Crippen molar-refractivity contribution in [1.82, 2.24) is 20.3 Å². The first-order valence-electron chi connectivity index (χ1n) is 11.3. The molecule has 2 aromatic heterocycles. The van der Waals surface area contributed by atoms with E-state index in [1.807, 2.05) is 12.1 Å². The lowest BCUT2D eigenvalue weighted by Crippen LogP contribution is -2.28. The van der Waals surface area contributed by atoms with Gasteiger partial charge in [-0.1, -0.05) is 22.0 Å². The van der Waals surface area contributed by atoms with E-state index in [-0.39, 0.29) is 18.0 Å². The Hall–Kier alpha value is -2.68. The van der Waals surface area contributed by atoms with E-state index in [2.05, 4.69) is 37.3 Å². The van der Waals surface area contributed by atoms with Crippen molar-refractivity contribution < 1.29 is 8.78 Å². The molecule has 35 heavy (non-hydrogen) atoms. The minimum Gasteiger partial charge on any atom is -0.317 e. The van der Waals surface area contributed by atoms with Crippen molar-refractivity contribution in [1.29, 1.82) is 0 Å². The zero-order chi connectivity index (χ0) is 23.7. The summed E-state index contributed by atoms with van der Waals surface area (Å²) in [7, 11) is 0. The lowest BCUT2D eigenvalue weighted by molar-refractivity contribution is 0.373. The van der Waals surface area contributed by atoms with E-state index in [1.165, 1.54) is 12.1 Å². The van der Waals surface area contributed by atoms with E-state index in [0.29, 0.717) is 34.8 Å². The molecular weight excluding hydrogens is 538 g/mol. The number of pyridine rings is 1. The molecule has 0 saturated carbocycles. The van der Waals surface area contributed by atoms with Crippen LogP contribution in [-0.4, -0.2) is 28.0 Å². The van der Waals surface area contributed by atoms with Gasteiger partial charge in [-0.3, -0.25) is 9.78 Å². The van der Waals surface area contributed by atoms with Crippen LogP contribution in [0.4, 0.5) is 8.78 Å². The van der Waals surface area contributed by atoms with Crippen LogP contribution in [0.2, 0.25) is 0 Å². The monoisotopic (exact) mass is 560 g/mol. The van der Waals surface area contributed by atoms with Crippen molar-refractivity contribution in [3.63, 3.8) is 0 Å². The summed E-state index contributed by atoms with van der Waals surface area (Å²) in [5.41, 5.74) is 3.31. The molecule has 5 rings (SSSR count). The Bertz CT molecular complexity index is 1390. The smallest absolute Gasteiger partial charge is 0.258 e. The molecule has 1 aliphatic rings. The summed E-state index contributed by atoms with van der Waals surface area (Å²) in [5, 5.41) is 3.96. The number of rotatable bonds is 5. The third kappa shape index (κ3) is 5.94. The summed E-state index contributed by atoms with van der Waals surface area (Å²) in [5.74, 6) is -0.179. The van der Waals surface area contributed by atoms with E-state index < -0.39 is 11.6 Å². The molecule has 0 spiro atoms. The molecule has 3 heterocycles. The Labute approximate surface area is 215 Å². The topological polar surface area (TPSA) is 70.7 Å². The van der Waals surface area contributed by atoms with Crippen molar-refractivity contribution in [3.05, 3.63) is 92.1 Å². The molecule has 182 valence electrons. The van der Waals surface area contributed by atoms with Gasteiger partial charge in [0.2, 0.25) is 0 Å². The zero-order valence-electron chi connectivity index (χ0n) is 18.8. The molecule has 2 aromatic carbocycles. The van der Waals surface area contributed by atoms with Crippen LogP contribution < -0.4 is 10.9 Å². The molecule has 0 unspecified atom stereocenters. The van der Waals surface area contributed by atoms with Gasteiger partial charge in [0.25, 0.3) is 5.56 Å². The molecule has 1 fully saturated rings. The Morgan fingerprint density at radius 3 is 2.46 bits per heavy atom. The van der Waals surface area contributed by atoms with Crippen LogP contribution in [0.25, 0.3) is 22.2 Å². The maximum atomic E-state index is 13.5. The zero-order valence-corrected chi connectivity index (χ0v) is 21.2. The Kier molecular flexibility index (Phi) is 7.94. The number of nitrogens with one attached hydrogen (secondary N) is 2. The van der Waals surface area contributed by atoms with Gasteiger partial charge in [0.15, 0.2) is 0 Å². The third-order valence-electron chi connectivity index (χ3n) is 6.22. The summed E-state index contributed by atoms with van der Waals surface area (Å²) >= 11 is 3.54. The highest BCUT2D eigenvalue weighted by Crippen LogP contribution is 2.26.